The molecule has 0 spiro atoms. The highest BCUT2D eigenvalue weighted by molar-refractivity contribution is 5.96. The summed E-state index contributed by atoms with van der Waals surface area (Å²) in [5, 5.41) is 21.0. The smallest absolute Gasteiger partial charge is 0.204 e. The zero-order chi connectivity index (χ0) is 21.6. The van der Waals surface area contributed by atoms with Crippen molar-refractivity contribution in [3.8, 4) is 47.7 Å². The van der Waals surface area contributed by atoms with Gasteiger partial charge in [-0.1, -0.05) is 11.8 Å². The van der Waals surface area contributed by atoms with Crippen LogP contribution in [-0.2, 0) is 0 Å². The summed E-state index contributed by atoms with van der Waals surface area (Å²) < 4.78 is 17.0. The van der Waals surface area contributed by atoms with Gasteiger partial charge in [-0.15, -0.1) is 12.8 Å². The molecule has 0 radical (unpaired) electrons. The van der Waals surface area contributed by atoms with E-state index in [1.807, 2.05) is 0 Å². The van der Waals surface area contributed by atoms with E-state index in [9.17, 15) is 15.0 Å². The molecule has 1 aromatic heterocycles. The van der Waals surface area contributed by atoms with Gasteiger partial charge in [-0.25, -0.2) is 0 Å². The topological polar surface area (TPSA) is 89.1 Å². The molecule has 29 heavy (non-hydrogen) atoms. The predicted molar refractivity (Wildman–Crippen MR) is 110 cm³/mol. The van der Waals surface area contributed by atoms with Crippen LogP contribution in [0.15, 0.2) is 33.5 Å². The van der Waals surface area contributed by atoms with Gasteiger partial charge in [0.1, 0.15) is 22.5 Å². The average molecular weight is 392 g/mol. The van der Waals surface area contributed by atoms with Gasteiger partial charge in [-0.2, -0.15) is 0 Å². The molecule has 0 aliphatic heterocycles. The summed E-state index contributed by atoms with van der Waals surface area (Å²) >= 11 is 0. The van der Waals surface area contributed by atoms with Gasteiger partial charge < -0.3 is 24.1 Å². The van der Waals surface area contributed by atoms with Gasteiger partial charge in [0.25, 0.3) is 0 Å². The summed E-state index contributed by atoms with van der Waals surface area (Å²) in [5.74, 6) is 4.50. The molecule has 0 aliphatic carbocycles. The Morgan fingerprint density at radius 3 is 2.24 bits per heavy atom. The van der Waals surface area contributed by atoms with Crippen LogP contribution >= 0.6 is 0 Å². The third kappa shape index (κ3) is 3.66. The Bertz CT molecular complexity index is 1270. The SMILES string of the molecule is C#CC(C)(C)Oc1cc(O)c2c(=O)c3ccc(OC(C)(C)C#C)c(O)c3oc2c1. The van der Waals surface area contributed by atoms with Crippen LogP contribution < -0.4 is 14.9 Å². The van der Waals surface area contributed by atoms with E-state index >= 15 is 0 Å². The Labute approximate surface area is 167 Å². The molecule has 2 aromatic carbocycles. The van der Waals surface area contributed by atoms with Crippen LogP contribution in [0.3, 0.4) is 0 Å². The summed E-state index contributed by atoms with van der Waals surface area (Å²) in [6, 6.07) is 5.57. The maximum Gasteiger partial charge on any atom is 0.204 e. The lowest BCUT2D eigenvalue weighted by molar-refractivity contribution is 0.166. The molecule has 3 aromatic rings. The van der Waals surface area contributed by atoms with Crippen LogP contribution in [0, 0.1) is 24.7 Å². The lowest BCUT2D eigenvalue weighted by Crippen LogP contribution is -2.25. The lowest BCUT2D eigenvalue weighted by atomic mass is 10.1. The standard InChI is InChI=1S/C23H20O6/c1-7-22(3,4)28-13-11-15(24)18-17(12-13)27-21-14(19(18)25)9-10-16(20(21)26)29-23(5,6)8-2/h1-2,9-12,24,26H,3-6H3. The molecular weight excluding hydrogens is 372 g/mol. The quantitative estimate of drug-likeness (QED) is 0.516. The van der Waals surface area contributed by atoms with Crippen molar-refractivity contribution in [3.63, 3.8) is 0 Å². The number of phenolic OH excluding ortho intramolecular Hbond substituents is 2. The fraction of sp³-hybridized carbons (Fsp3) is 0.261. The van der Waals surface area contributed by atoms with Crippen molar-refractivity contribution in [2.75, 3.05) is 0 Å². The van der Waals surface area contributed by atoms with Gasteiger partial charge in [-0.3, -0.25) is 4.79 Å². The van der Waals surface area contributed by atoms with Crippen molar-refractivity contribution >= 4 is 21.9 Å². The number of benzene rings is 2. The Kier molecular flexibility index (Phi) is 4.60. The zero-order valence-corrected chi connectivity index (χ0v) is 16.5. The molecule has 148 valence electrons. The Morgan fingerprint density at radius 2 is 1.62 bits per heavy atom. The van der Waals surface area contributed by atoms with Crippen LogP contribution in [0.2, 0.25) is 0 Å². The fourth-order valence-electron chi connectivity index (χ4n) is 2.73. The van der Waals surface area contributed by atoms with Gasteiger partial charge in [0, 0.05) is 12.1 Å². The molecule has 6 heteroatoms. The van der Waals surface area contributed by atoms with Crippen LogP contribution in [0.4, 0.5) is 0 Å². The van der Waals surface area contributed by atoms with Crippen molar-refractivity contribution in [3.05, 3.63) is 34.5 Å². The molecule has 6 nitrogen and oxygen atoms in total. The van der Waals surface area contributed by atoms with Crippen LogP contribution in [0.1, 0.15) is 27.7 Å². The molecule has 0 saturated carbocycles. The second kappa shape index (κ2) is 6.68. The fourth-order valence-corrected chi connectivity index (χ4v) is 2.73. The van der Waals surface area contributed by atoms with E-state index in [2.05, 4.69) is 11.8 Å². The van der Waals surface area contributed by atoms with Gasteiger partial charge in [0.15, 0.2) is 22.5 Å². The highest BCUT2D eigenvalue weighted by atomic mass is 16.5. The van der Waals surface area contributed by atoms with Crippen molar-refractivity contribution in [1.82, 2.24) is 0 Å². The van der Waals surface area contributed by atoms with Crippen molar-refractivity contribution < 1.29 is 24.1 Å². The van der Waals surface area contributed by atoms with E-state index in [4.69, 9.17) is 26.7 Å². The van der Waals surface area contributed by atoms with Gasteiger partial charge in [0.2, 0.25) is 11.2 Å². The van der Waals surface area contributed by atoms with Gasteiger partial charge in [-0.05, 0) is 39.8 Å². The van der Waals surface area contributed by atoms with Crippen LogP contribution in [0.25, 0.3) is 21.9 Å². The van der Waals surface area contributed by atoms with Crippen LogP contribution in [-0.4, -0.2) is 21.4 Å². The van der Waals surface area contributed by atoms with Crippen molar-refractivity contribution in [2.45, 2.75) is 38.9 Å². The van der Waals surface area contributed by atoms with Crippen LogP contribution in [0.5, 0.6) is 23.0 Å². The van der Waals surface area contributed by atoms with E-state index in [0.29, 0.717) is 0 Å². The van der Waals surface area contributed by atoms with Crippen molar-refractivity contribution in [2.24, 2.45) is 0 Å². The number of hydrogen-bond donors (Lipinski definition) is 2. The summed E-state index contributed by atoms with van der Waals surface area (Å²) in [6.07, 6.45) is 10.9. The molecule has 0 saturated heterocycles. The van der Waals surface area contributed by atoms with E-state index in [0.717, 1.165) is 0 Å². The van der Waals surface area contributed by atoms with E-state index < -0.39 is 16.6 Å². The van der Waals surface area contributed by atoms with E-state index in [-0.39, 0.29) is 44.9 Å². The highest BCUT2D eigenvalue weighted by Crippen LogP contribution is 2.39. The Balaban J connectivity index is 2.26. The van der Waals surface area contributed by atoms with E-state index in [1.165, 1.54) is 24.3 Å². The van der Waals surface area contributed by atoms with E-state index in [1.54, 1.807) is 27.7 Å². The maximum absolute atomic E-state index is 12.9. The average Bonchev–Trinajstić information content (AvgIpc) is 2.64. The minimum Gasteiger partial charge on any atom is -0.507 e. The second-order valence-corrected chi connectivity index (χ2v) is 7.55. The monoisotopic (exact) mass is 392 g/mol. The maximum atomic E-state index is 12.9. The first-order valence-electron chi connectivity index (χ1n) is 8.77. The number of aromatic hydroxyl groups is 2. The number of hydrogen-bond acceptors (Lipinski definition) is 6. The molecule has 0 unspecified atom stereocenters. The number of fused-ring (bicyclic) bond motifs is 2. The highest BCUT2D eigenvalue weighted by Gasteiger charge is 2.23. The largest absolute Gasteiger partial charge is 0.507 e. The minimum atomic E-state index is -0.984. The Morgan fingerprint density at radius 1 is 1.00 bits per heavy atom. The molecule has 0 fully saturated rings. The summed E-state index contributed by atoms with van der Waals surface area (Å²) in [4.78, 5) is 12.9. The number of rotatable bonds is 4. The molecule has 0 atom stereocenters. The molecule has 3 rings (SSSR count). The summed E-state index contributed by atoms with van der Waals surface area (Å²) in [6.45, 7) is 6.66. The second-order valence-electron chi connectivity index (χ2n) is 7.55. The molecular formula is C23H20O6. The third-order valence-electron chi connectivity index (χ3n) is 4.27. The number of ether oxygens (including phenoxy) is 2. The summed E-state index contributed by atoms with van der Waals surface area (Å²) in [7, 11) is 0. The number of terminal acetylenes is 2. The van der Waals surface area contributed by atoms with Gasteiger partial charge in [0.05, 0.1) is 5.39 Å². The lowest BCUT2D eigenvalue weighted by Gasteiger charge is -2.21. The molecule has 0 amide bonds. The first kappa shape index (κ1) is 20.0. The van der Waals surface area contributed by atoms with Gasteiger partial charge >= 0.3 is 0 Å². The Hall–Kier alpha value is -3.77. The zero-order valence-electron chi connectivity index (χ0n) is 16.5. The normalized spacial score (nSPS) is 11.8. The molecule has 1 heterocycles. The predicted octanol–water partition coefficient (Wildman–Crippen LogP) is 3.94. The minimum absolute atomic E-state index is 0.0222. The molecule has 0 aliphatic rings. The van der Waals surface area contributed by atoms with Crippen molar-refractivity contribution in [1.29, 1.82) is 0 Å². The summed E-state index contributed by atoms with van der Waals surface area (Å²) in [5.41, 5.74) is -2.52. The molecule has 2 N–H and O–H groups in total. The first-order chi connectivity index (χ1) is 13.5. The molecule has 0 bridgehead atoms. The first-order valence-corrected chi connectivity index (χ1v) is 8.77. The third-order valence-corrected chi connectivity index (χ3v) is 4.27. The number of phenols is 2.